The molecule has 1 aliphatic heterocycles. The Hall–Kier alpha value is -3.67. The summed E-state index contributed by atoms with van der Waals surface area (Å²) in [6, 6.07) is 9.53. The van der Waals surface area contributed by atoms with E-state index in [-0.39, 0.29) is 5.69 Å². The van der Waals surface area contributed by atoms with Crippen LogP contribution in [-0.2, 0) is 11.0 Å². The number of hydrogen-bond donors (Lipinski definition) is 0. The van der Waals surface area contributed by atoms with E-state index in [4.69, 9.17) is 5.26 Å². The summed E-state index contributed by atoms with van der Waals surface area (Å²) in [5.41, 5.74) is -2.44. The number of carbonyl (C=O) groups is 3. The van der Waals surface area contributed by atoms with Crippen molar-refractivity contribution in [2.75, 3.05) is 9.80 Å². The number of imide groups is 1. The molecule has 1 aliphatic carbocycles. The Kier molecular flexibility index (Phi) is 4.38. The number of benzene rings is 2. The fourth-order valence-electron chi connectivity index (χ4n) is 3.91. The van der Waals surface area contributed by atoms with Gasteiger partial charge in [-0.1, -0.05) is 0 Å². The molecule has 1 heterocycles. The highest BCUT2D eigenvalue weighted by atomic mass is 19.4. The first-order valence-electron chi connectivity index (χ1n) is 9.08. The van der Waals surface area contributed by atoms with Crippen LogP contribution in [0, 0.1) is 11.3 Å². The first-order chi connectivity index (χ1) is 14.2. The summed E-state index contributed by atoms with van der Waals surface area (Å²) in [5, 5.41) is 8.98. The number of rotatable bonds is 3. The van der Waals surface area contributed by atoms with Crippen molar-refractivity contribution in [2.24, 2.45) is 0 Å². The molecule has 4 rings (SSSR count). The van der Waals surface area contributed by atoms with E-state index in [2.05, 4.69) is 0 Å². The molecule has 152 valence electrons. The largest absolute Gasteiger partial charge is 0.417 e. The molecular weight excluding hydrogens is 399 g/mol. The zero-order valence-corrected chi connectivity index (χ0v) is 15.4. The van der Waals surface area contributed by atoms with E-state index in [0.717, 1.165) is 17.0 Å². The number of anilines is 2. The molecule has 2 aromatic rings. The van der Waals surface area contributed by atoms with Crippen LogP contribution in [0.15, 0.2) is 42.5 Å². The first-order valence-corrected chi connectivity index (χ1v) is 9.08. The molecule has 0 aromatic heterocycles. The second kappa shape index (κ2) is 6.69. The SMILES string of the molecule is N#Cc1ccc(N2C(=O)N(c3ccc(C=O)cc3)C3(CCC3)C2=O)cc1C(F)(F)F. The molecule has 6 nitrogen and oxygen atoms in total. The minimum absolute atomic E-state index is 0.241. The molecule has 3 amide bonds. The van der Waals surface area contributed by atoms with Gasteiger partial charge in [-0.25, -0.2) is 9.69 Å². The van der Waals surface area contributed by atoms with Gasteiger partial charge in [0.1, 0.15) is 11.8 Å². The Morgan fingerprint density at radius 3 is 2.17 bits per heavy atom. The Morgan fingerprint density at radius 2 is 1.67 bits per heavy atom. The van der Waals surface area contributed by atoms with Crippen molar-refractivity contribution in [1.82, 2.24) is 0 Å². The zero-order valence-electron chi connectivity index (χ0n) is 15.4. The van der Waals surface area contributed by atoms with Gasteiger partial charge in [0.15, 0.2) is 0 Å². The van der Waals surface area contributed by atoms with Crippen LogP contribution in [0.2, 0.25) is 0 Å². The van der Waals surface area contributed by atoms with Crippen LogP contribution in [-0.4, -0.2) is 23.8 Å². The van der Waals surface area contributed by atoms with E-state index in [9.17, 15) is 27.6 Å². The fraction of sp³-hybridized carbons (Fsp3) is 0.238. The molecule has 0 radical (unpaired) electrons. The maximum absolute atomic E-state index is 13.4. The van der Waals surface area contributed by atoms with Crippen LogP contribution in [0.1, 0.15) is 40.7 Å². The lowest BCUT2D eigenvalue weighted by atomic mass is 9.75. The fourth-order valence-corrected chi connectivity index (χ4v) is 3.91. The molecule has 9 heteroatoms. The lowest BCUT2D eigenvalue weighted by Gasteiger charge is -2.42. The second-order valence-corrected chi connectivity index (χ2v) is 7.19. The van der Waals surface area contributed by atoms with Crippen molar-refractivity contribution in [3.8, 4) is 6.07 Å². The molecule has 2 aliphatic rings. The molecule has 2 fully saturated rings. The summed E-state index contributed by atoms with van der Waals surface area (Å²) in [4.78, 5) is 39.3. The standard InChI is InChI=1S/C21H14F3N3O3/c22-21(23,24)17-10-16(7-4-14(17)11-25)26-18(29)20(8-1-9-20)27(19(26)30)15-5-2-13(12-28)3-6-15/h2-7,10,12H,1,8-9H2. The average Bonchev–Trinajstić information content (AvgIpc) is 2.93. The van der Waals surface area contributed by atoms with Gasteiger partial charge in [-0.15, -0.1) is 0 Å². The predicted molar refractivity (Wildman–Crippen MR) is 99.9 cm³/mol. The van der Waals surface area contributed by atoms with Crippen LogP contribution in [0.5, 0.6) is 0 Å². The number of aldehydes is 1. The highest BCUT2D eigenvalue weighted by Crippen LogP contribution is 2.48. The van der Waals surface area contributed by atoms with Gasteiger partial charge in [0.05, 0.1) is 22.9 Å². The number of hydrogen-bond acceptors (Lipinski definition) is 4. The van der Waals surface area contributed by atoms with E-state index in [0.29, 0.717) is 42.9 Å². The lowest BCUT2D eigenvalue weighted by molar-refractivity contribution is -0.137. The van der Waals surface area contributed by atoms with E-state index >= 15 is 0 Å². The molecule has 1 saturated carbocycles. The van der Waals surface area contributed by atoms with Crippen LogP contribution < -0.4 is 9.80 Å². The third-order valence-corrected chi connectivity index (χ3v) is 5.57. The van der Waals surface area contributed by atoms with Crippen LogP contribution in [0.4, 0.5) is 29.3 Å². The number of alkyl halides is 3. The molecule has 2 aromatic carbocycles. The summed E-state index contributed by atoms with van der Waals surface area (Å²) < 4.78 is 40.1. The number of urea groups is 1. The zero-order chi connectivity index (χ0) is 21.7. The van der Waals surface area contributed by atoms with E-state index in [1.807, 2.05) is 0 Å². The van der Waals surface area contributed by atoms with Gasteiger partial charge in [0.25, 0.3) is 5.91 Å². The highest BCUT2D eigenvalue weighted by Gasteiger charge is 2.61. The molecule has 0 atom stereocenters. The number of nitrogens with zero attached hydrogens (tertiary/aromatic N) is 3. The normalized spacial score (nSPS) is 17.8. The highest BCUT2D eigenvalue weighted by molar-refractivity contribution is 6.30. The van der Waals surface area contributed by atoms with Crippen molar-refractivity contribution in [1.29, 1.82) is 5.26 Å². The third-order valence-electron chi connectivity index (χ3n) is 5.57. The molecule has 1 saturated heterocycles. The Balaban J connectivity index is 1.81. The Morgan fingerprint density at radius 1 is 1.03 bits per heavy atom. The average molecular weight is 413 g/mol. The quantitative estimate of drug-likeness (QED) is 0.555. The van der Waals surface area contributed by atoms with Crippen LogP contribution in [0.25, 0.3) is 0 Å². The summed E-state index contributed by atoms with van der Waals surface area (Å²) in [5.74, 6) is -0.601. The number of nitriles is 1. The smallest absolute Gasteiger partial charge is 0.298 e. The van der Waals surface area contributed by atoms with Crippen LogP contribution in [0.3, 0.4) is 0 Å². The molecule has 0 bridgehead atoms. The van der Waals surface area contributed by atoms with Crippen molar-refractivity contribution in [2.45, 2.75) is 31.0 Å². The summed E-state index contributed by atoms with van der Waals surface area (Å²) >= 11 is 0. The van der Waals surface area contributed by atoms with Gasteiger partial charge in [0.2, 0.25) is 0 Å². The number of halogens is 3. The summed E-state index contributed by atoms with van der Waals surface area (Å²) in [6.45, 7) is 0. The lowest BCUT2D eigenvalue weighted by Crippen LogP contribution is -2.55. The first kappa shape index (κ1) is 19.6. The van der Waals surface area contributed by atoms with Gasteiger partial charge in [-0.3, -0.25) is 14.5 Å². The predicted octanol–water partition coefficient (Wildman–Crippen LogP) is 4.29. The summed E-state index contributed by atoms with van der Waals surface area (Å²) in [6.07, 6.45) is -2.72. The monoisotopic (exact) mass is 413 g/mol. The van der Waals surface area contributed by atoms with Gasteiger partial charge in [-0.2, -0.15) is 18.4 Å². The Labute approximate surface area is 169 Å². The van der Waals surface area contributed by atoms with Gasteiger partial charge in [0, 0.05) is 11.3 Å². The molecule has 0 unspecified atom stereocenters. The van der Waals surface area contributed by atoms with Crippen molar-refractivity contribution >= 4 is 29.6 Å². The van der Waals surface area contributed by atoms with E-state index in [1.54, 1.807) is 0 Å². The van der Waals surface area contributed by atoms with Gasteiger partial charge in [-0.05, 0) is 61.7 Å². The number of carbonyl (C=O) groups excluding carboxylic acids is 3. The molecule has 30 heavy (non-hydrogen) atoms. The maximum atomic E-state index is 13.4. The topological polar surface area (TPSA) is 81.5 Å². The number of amides is 3. The van der Waals surface area contributed by atoms with Crippen molar-refractivity contribution < 1.29 is 27.6 Å². The van der Waals surface area contributed by atoms with E-state index in [1.165, 1.54) is 35.2 Å². The molecular formula is C21H14F3N3O3. The Bertz CT molecular complexity index is 1100. The third kappa shape index (κ3) is 2.76. The minimum Gasteiger partial charge on any atom is -0.298 e. The van der Waals surface area contributed by atoms with Crippen molar-refractivity contribution in [3.05, 3.63) is 59.2 Å². The minimum atomic E-state index is -4.81. The van der Waals surface area contributed by atoms with Crippen LogP contribution >= 0.6 is 0 Å². The molecule has 0 N–H and O–H groups in total. The summed E-state index contributed by atoms with van der Waals surface area (Å²) in [7, 11) is 0. The van der Waals surface area contributed by atoms with E-state index < -0.39 is 34.8 Å². The van der Waals surface area contributed by atoms with Gasteiger partial charge >= 0.3 is 12.2 Å². The van der Waals surface area contributed by atoms with Crippen molar-refractivity contribution in [3.63, 3.8) is 0 Å². The molecule has 1 spiro atoms. The maximum Gasteiger partial charge on any atom is 0.417 e. The second-order valence-electron chi connectivity index (χ2n) is 7.19. The van der Waals surface area contributed by atoms with Gasteiger partial charge < -0.3 is 0 Å².